The van der Waals surface area contributed by atoms with Crippen LogP contribution in [0.25, 0.3) is 11.0 Å². The van der Waals surface area contributed by atoms with Crippen LogP contribution in [0, 0.1) is 0 Å². The average molecular weight is 328 g/mol. The summed E-state index contributed by atoms with van der Waals surface area (Å²) in [7, 11) is 1.98. The molecule has 7 heteroatoms. The zero-order chi connectivity index (χ0) is 17.4. The van der Waals surface area contributed by atoms with Gasteiger partial charge in [0.25, 0.3) is 11.8 Å². The van der Waals surface area contributed by atoms with Crippen LogP contribution < -0.4 is 5.32 Å². The van der Waals surface area contributed by atoms with Crippen molar-refractivity contribution in [3.05, 3.63) is 35.8 Å². The highest BCUT2D eigenvalue weighted by Gasteiger charge is 2.30. The lowest BCUT2D eigenvalue weighted by atomic mass is 10.2. The molecule has 1 aliphatic heterocycles. The van der Waals surface area contributed by atoms with Gasteiger partial charge in [0.15, 0.2) is 0 Å². The van der Waals surface area contributed by atoms with Crippen molar-refractivity contribution in [2.45, 2.75) is 19.8 Å². The molecule has 0 radical (unpaired) electrons. The van der Waals surface area contributed by atoms with Crippen molar-refractivity contribution in [2.24, 2.45) is 7.05 Å². The Hall–Kier alpha value is -2.67. The van der Waals surface area contributed by atoms with Gasteiger partial charge < -0.3 is 15.0 Å². The van der Waals surface area contributed by atoms with E-state index in [0.29, 0.717) is 11.6 Å². The van der Waals surface area contributed by atoms with E-state index in [4.69, 9.17) is 5.11 Å². The molecular formula is C17H20N4O3. The van der Waals surface area contributed by atoms with Crippen LogP contribution in [0.3, 0.4) is 0 Å². The van der Waals surface area contributed by atoms with E-state index in [1.165, 1.54) is 6.08 Å². The Labute approximate surface area is 139 Å². The first-order valence-corrected chi connectivity index (χ1v) is 7.84. The molecule has 3 rings (SSSR count). The van der Waals surface area contributed by atoms with E-state index in [9.17, 15) is 9.59 Å². The van der Waals surface area contributed by atoms with Gasteiger partial charge in [-0.05, 0) is 18.2 Å². The van der Waals surface area contributed by atoms with E-state index in [1.54, 1.807) is 0 Å². The molecule has 1 aromatic heterocycles. The Morgan fingerprint density at radius 2 is 2.04 bits per heavy atom. The first-order chi connectivity index (χ1) is 11.4. The second-order valence-corrected chi connectivity index (χ2v) is 6.09. The average Bonchev–Trinajstić information content (AvgIpc) is 3.00. The summed E-state index contributed by atoms with van der Waals surface area (Å²) in [6.45, 7) is 3.92. The highest BCUT2D eigenvalue weighted by molar-refractivity contribution is 6.17. The summed E-state index contributed by atoms with van der Waals surface area (Å²) >= 11 is 0. The first kappa shape index (κ1) is 16.2. The molecule has 2 N–H and O–H groups in total. The number of imide groups is 1. The van der Waals surface area contributed by atoms with Crippen molar-refractivity contribution in [3.63, 3.8) is 0 Å². The molecule has 1 aliphatic rings. The predicted octanol–water partition coefficient (Wildman–Crippen LogP) is 1.35. The van der Waals surface area contributed by atoms with E-state index in [2.05, 4.69) is 28.7 Å². The second kappa shape index (κ2) is 6.09. The molecule has 0 unspecified atom stereocenters. The van der Waals surface area contributed by atoms with Crippen LogP contribution in [0.1, 0.15) is 25.6 Å². The summed E-state index contributed by atoms with van der Waals surface area (Å²) in [6.07, 6.45) is 1.25. The smallest absolute Gasteiger partial charge is 0.277 e. The molecule has 0 atom stereocenters. The highest BCUT2D eigenvalue weighted by Crippen LogP contribution is 2.25. The molecule has 0 aliphatic carbocycles. The highest BCUT2D eigenvalue weighted by atomic mass is 16.3. The number of β-amino-alcohol motifs (C(OH)–C–C–N with tert-alkyl or cyclic N) is 1. The maximum atomic E-state index is 12.2. The van der Waals surface area contributed by atoms with Gasteiger partial charge in [-0.25, -0.2) is 4.98 Å². The monoisotopic (exact) mass is 328 g/mol. The molecule has 1 aromatic carbocycles. The van der Waals surface area contributed by atoms with E-state index in [0.717, 1.165) is 21.8 Å². The molecule has 2 aromatic rings. The summed E-state index contributed by atoms with van der Waals surface area (Å²) < 4.78 is 2.05. The van der Waals surface area contributed by atoms with E-state index >= 15 is 0 Å². The molecule has 7 nitrogen and oxygen atoms in total. The third-order valence-corrected chi connectivity index (χ3v) is 4.04. The fourth-order valence-electron chi connectivity index (χ4n) is 2.88. The van der Waals surface area contributed by atoms with E-state index < -0.39 is 11.8 Å². The fraction of sp³-hybridized carbons (Fsp3) is 0.353. The fourth-order valence-corrected chi connectivity index (χ4v) is 2.88. The van der Waals surface area contributed by atoms with Gasteiger partial charge >= 0.3 is 0 Å². The van der Waals surface area contributed by atoms with Crippen molar-refractivity contribution in [1.82, 2.24) is 14.5 Å². The Morgan fingerprint density at radius 3 is 2.71 bits per heavy atom. The van der Waals surface area contributed by atoms with E-state index in [1.807, 2.05) is 25.2 Å². The van der Waals surface area contributed by atoms with E-state index in [-0.39, 0.29) is 18.8 Å². The number of rotatable bonds is 5. The normalized spacial score (nSPS) is 14.9. The van der Waals surface area contributed by atoms with Gasteiger partial charge in [0.05, 0.1) is 24.2 Å². The summed E-state index contributed by atoms with van der Waals surface area (Å²) in [4.78, 5) is 29.6. The number of amides is 2. The van der Waals surface area contributed by atoms with Crippen molar-refractivity contribution in [2.75, 3.05) is 18.5 Å². The summed E-state index contributed by atoms with van der Waals surface area (Å²) in [6, 6.07) is 5.64. The van der Waals surface area contributed by atoms with Crippen LogP contribution in [0.15, 0.2) is 30.0 Å². The van der Waals surface area contributed by atoms with Crippen LogP contribution in [-0.2, 0) is 16.6 Å². The minimum absolute atomic E-state index is 0.00360. The number of aliphatic hydroxyl groups excluding tert-OH is 1. The Morgan fingerprint density at radius 1 is 1.29 bits per heavy atom. The molecule has 0 spiro atoms. The van der Waals surface area contributed by atoms with Gasteiger partial charge in [-0.3, -0.25) is 14.5 Å². The van der Waals surface area contributed by atoms with Gasteiger partial charge in [0.1, 0.15) is 11.5 Å². The number of imidazole rings is 1. The number of aryl methyl sites for hydroxylation is 1. The second-order valence-electron chi connectivity index (χ2n) is 6.09. The molecular weight excluding hydrogens is 308 g/mol. The number of hydrogen-bond donors (Lipinski definition) is 2. The lowest BCUT2D eigenvalue weighted by Gasteiger charge is -2.13. The lowest BCUT2D eigenvalue weighted by molar-refractivity contribution is -0.137. The van der Waals surface area contributed by atoms with Crippen molar-refractivity contribution >= 4 is 28.5 Å². The number of hydrogen-bond acceptors (Lipinski definition) is 5. The van der Waals surface area contributed by atoms with Crippen LogP contribution in [-0.4, -0.2) is 44.5 Å². The number of aliphatic hydroxyl groups is 1. The Kier molecular flexibility index (Phi) is 4.11. The molecule has 0 saturated heterocycles. The molecule has 0 bridgehead atoms. The standard InChI is InChI=1S/C17H20N4O3/c1-10(2)16-19-12-8-11(4-5-14(12)20(16)3)18-13-9-15(23)21(6-7-22)17(13)24/h4-5,8-10,18,22H,6-7H2,1-3H3. The van der Waals surface area contributed by atoms with Gasteiger partial charge in [0.2, 0.25) is 0 Å². The minimum atomic E-state index is -0.432. The molecule has 0 saturated carbocycles. The number of nitrogens with one attached hydrogen (secondary N) is 1. The van der Waals surface area contributed by atoms with Crippen LogP contribution in [0.2, 0.25) is 0 Å². The van der Waals surface area contributed by atoms with Crippen molar-refractivity contribution < 1.29 is 14.7 Å². The SMILES string of the molecule is CC(C)c1nc2cc(NC3=CC(=O)N(CCO)C3=O)ccc2n1C. The van der Waals surface area contributed by atoms with Crippen LogP contribution in [0.4, 0.5) is 5.69 Å². The molecule has 2 amide bonds. The summed E-state index contributed by atoms with van der Waals surface area (Å²) in [5.74, 6) is 0.445. The van der Waals surface area contributed by atoms with Crippen LogP contribution >= 0.6 is 0 Å². The lowest BCUT2D eigenvalue weighted by Crippen LogP contribution is -2.34. The third-order valence-electron chi connectivity index (χ3n) is 4.04. The van der Waals surface area contributed by atoms with Gasteiger partial charge in [-0.1, -0.05) is 13.8 Å². The topological polar surface area (TPSA) is 87.5 Å². The number of aromatic nitrogens is 2. The number of anilines is 1. The first-order valence-electron chi connectivity index (χ1n) is 7.84. The minimum Gasteiger partial charge on any atom is -0.395 e. The Balaban J connectivity index is 1.87. The number of fused-ring (bicyclic) bond motifs is 1. The van der Waals surface area contributed by atoms with Gasteiger partial charge in [-0.15, -0.1) is 0 Å². The summed E-state index contributed by atoms with van der Waals surface area (Å²) in [5, 5.41) is 11.9. The largest absolute Gasteiger partial charge is 0.395 e. The number of carbonyl (C=O) groups is 2. The third kappa shape index (κ3) is 2.67. The summed E-state index contributed by atoms with van der Waals surface area (Å²) in [5.41, 5.74) is 2.73. The molecule has 2 heterocycles. The van der Waals surface area contributed by atoms with Gasteiger partial charge in [0, 0.05) is 24.7 Å². The quantitative estimate of drug-likeness (QED) is 0.809. The van der Waals surface area contributed by atoms with Gasteiger partial charge in [-0.2, -0.15) is 0 Å². The predicted molar refractivity (Wildman–Crippen MR) is 90.3 cm³/mol. The molecule has 0 fully saturated rings. The maximum absolute atomic E-state index is 12.2. The zero-order valence-corrected chi connectivity index (χ0v) is 13.9. The van der Waals surface area contributed by atoms with Crippen LogP contribution in [0.5, 0.6) is 0 Å². The maximum Gasteiger partial charge on any atom is 0.277 e. The Bertz CT molecular complexity index is 851. The number of nitrogens with zero attached hydrogens (tertiary/aromatic N) is 3. The molecule has 126 valence electrons. The zero-order valence-electron chi connectivity index (χ0n) is 13.9. The van der Waals surface area contributed by atoms with Crippen molar-refractivity contribution in [1.29, 1.82) is 0 Å². The van der Waals surface area contributed by atoms with Crippen molar-refractivity contribution in [3.8, 4) is 0 Å². The number of benzene rings is 1. The number of carbonyl (C=O) groups excluding carboxylic acids is 2. The molecule has 24 heavy (non-hydrogen) atoms.